The van der Waals surface area contributed by atoms with Crippen molar-refractivity contribution < 1.29 is 4.92 Å². The van der Waals surface area contributed by atoms with Gasteiger partial charge in [0.15, 0.2) is 0 Å². The molecule has 76 valence electrons. The Balaban J connectivity index is 3.06. The van der Waals surface area contributed by atoms with Crippen molar-refractivity contribution in [2.75, 3.05) is 18.5 Å². The first kappa shape index (κ1) is 10.4. The first-order valence-corrected chi connectivity index (χ1v) is 4.39. The van der Waals surface area contributed by atoms with Crippen LogP contribution in [0.2, 0.25) is 0 Å². The van der Waals surface area contributed by atoms with Gasteiger partial charge in [-0.2, -0.15) is 0 Å². The summed E-state index contributed by atoms with van der Waals surface area (Å²) in [5.41, 5.74) is 0.519. The number of hydrogen-bond donors (Lipinski definition) is 0. The molecule has 0 spiro atoms. The number of nitro groups is 1. The summed E-state index contributed by atoms with van der Waals surface area (Å²) in [4.78, 5) is 16.2. The van der Waals surface area contributed by atoms with Crippen molar-refractivity contribution in [3.05, 3.63) is 27.9 Å². The third kappa shape index (κ3) is 1.99. The normalized spacial score (nSPS) is 9.93. The quantitative estimate of drug-likeness (QED) is 0.544. The monoisotopic (exact) mass is 195 g/mol. The van der Waals surface area contributed by atoms with Gasteiger partial charge >= 0.3 is 0 Å². The zero-order chi connectivity index (χ0) is 10.7. The van der Waals surface area contributed by atoms with Crippen LogP contribution in [0.1, 0.15) is 12.6 Å². The lowest BCUT2D eigenvalue weighted by Crippen LogP contribution is -2.17. The summed E-state index contributed by atoms with van der Waals surface area (Å²) in [6.45, 7) is 4.47. The molecule has 0 atom stereocenters. The van der Waals surface area contributed by atoms with E-state index in [0.717, 1.165) is 12.4 Å². The molecule has 0 amide bonds. The van der Waals surface area contributed by atoms with Gasteiger partial charge in [0.25, 0.3) is 5.69 Å². The zero-order valence-electron chi connectivity index (χ0n) is 8.52. The molecule has 0 N–H and O–H groups in total. The molecule has 0 saturated carbocycles. The highest BCUT2D eigenvalue weighted by Crippen LogP contribution is 2.19. The van der Waals surface area contributed by atoms with Gasteiger partial charge in [0.1, 0.15) is 11.5 Å². The van der Waals surface area contributed by atoms with Gasteiger partial charge in [0, 0.05) is 19.7 Å². The molecular formula is C9H13N3O2. The first-order valence-electron chi connectivity index (χ1n) is 4.39. The van der Waals surface area contributed by atoms with Gasteiger partial charge in [-0.3, -0.25) is 10.1 Å². The van der Waals surface area contributed by atoms with Gasteiger partial charge in [-0.25, -0.2) is 4.98 Å². The SMILES string of the molecule is CCN(C)c1ccc([N+](=O)[O-])c(C)n1. The van der Waals surface area contributed by atoms with Crippen molar-refractivity contribution in [1.29, 1.82) is 0 Å². The molecule has 1 heterocycles. The lowest BCUT2D eigenvalue weighted by molar-refractivity contribution is -0.385. The summed E-state index contributed by atoms with van der Waals surface area (Å²) >= 11 is 0. The predicted molar refractivity (Wildman–Crippen MR) is 54.6 cm³/mol. The first-order chi connectivity index (χ1) is 6.56. The van der Waals surface area contributed by atoms with Crippen LogP contribution in [0.15, 0.2) is 12.1 Å². The molecule has 1 aromatic rings. The van der Waals surface area contributed by atoms with E-state index >= 15 is 0 Å². The van der Waals surface area contributed by atoms with Gasteiger partial charge in [0.05, 0.1) is 4.92 Å². The number of anilines is 1. The molecule has 1 aromatic heterocycles. The van der Waals surface area contributed by atoms with Gasteiger partial charge in [-0.1, -0.05) is 0 Å². The summed E-state index contributed by atoms with van der Waals surface area (Å²) in [5, 5.41) is 10.5. The van der Waals surface area contributed by atoms with Crippen LogP contribution in [0.3, 0.4) is 0 Å². The van der Waals surface area contributed by atoms with E-state index in [0.29, 0.717) is 5.69 Å². The van der Waals surface area contributed by atoms with Gasteiger partial charge < -0.3 is 4.90 Å². The second-order valence-electron chi connectivity index (χ2n) is 3.05. The van der Waals surface area contributed by atoms with Crippen molar-refractivity contribution in [2.45, 2.75) is 13.8 Å². The lowest BCUT2D eigenvalue weighted by Gasteiger charge is -2.15. The Morgan fingerprint density at radius 2 is 2.21 bits per heavy atom. The van der Waals surface area contributed by atoms with Crippen molar-refractivity contribution in [3.8, 4) is 0 Å². The molecule has 0 aromatic carbocycles. The Hall–Kier alpha value is -1.65. The minimum atomic E-state index is -0.419. The summed E-state index contributed by atoms with van der Waals surface area (Å²) < 4.78 is 0. The molecule has 0 unspecified atom stereocenters. The van der Waals surface area contributed by atoms with E-state index < -0.39 is 4.92 Å². The Kier molecular flexibility index (Phi) is 3.01. The Bertz CT molecular complexity index is 352. The van der Waals surface area contributed by atoms with Gasteiger partial charge in [-0.05, 0) is 19.9 Å². The summed E-state index contributed by atoms with van der Waals surface area (Å²) in [6.07, 6.45) is 0. The minimum absolute atomic E-state index is 0.0678. The number of aromatic nitrogens is 1. The average molecular weight is 195 g/mol. The fraction of sp³-hybridized carbons (Fsp3) is 0.444. The fourth-order valence-electron chi connectivity index (χ4n) is 1.11. The van der Waals surface area contributed by atoms with Crippen LogP contribution < -0.4 is 4.90 Å². The van der Waals surface area contributed by atoms with Crippen molar-refractivity contribution in [3.63, 3.8) is 0 Å². The highest BCUT2D eigenvalue weighted by atomic mass is 16.6. The highest BCUT2D eigenvalue weighted by molar-refractivity contribution is 5.46. The molecular weight excluding hydrogens is 182 g/mol. The zero-order valence-corrected chi connectivity index (χ0v) is 8.52. The Morgan fingerprint density at radius 1 is 1.57 bits per heavy atom. The maximum Gasteiger partial charge on any atom is 0.290 e. The number of aryl methyl sites for hydroxylation is 1. The second kappa shape index (κ2) is 4.04. The van der Waals surface area contributed by atoms with Crippen molar-refractivity contribution in [2.24, 2.45) is 0 Å². The predicted octanol–water partition coefficient (Wildman–Crippen LogP) is 1.75. The Labute approximate surface area is 82.5 Å². The molecule has 0 bridgehead atoms. The molecule has 5 nitrogen and oxygen atoms in total. The minimum Gasteiger partial charge on any atom is -0.360 e. The third-order valence-electron chi connectivity index (χ3n) is 2.11. The molecule has 1 rings (SSSR count). The molecule has 0 radical (unpaired) electrons. The largest absolute Gasteiger partial charge is 0.360 e. The number of rotatable bonds is 3. The number of hydrogen-bond acceptors (Lipinski definition) is 4. The van der Waals surface area contributed by atoms with Gasteiger partial charge in [-0.15, -0.1) is 0 Å². The molecule has 14 heavy (non-hydrogen) atoms. The Morgan fingerprint density at radius 3 is 2.64 bits per heavy atom. The third-order valence-corrected chi connectivity index (χ3v) is 2.11. The number of pyridine rings is 1. The molecule has 0 fully saturated rings. The molecule has 0 aliphatic heterocycles. The van der Waals surface area contributed by atoms with E-state index in [1.54, 1.807) is 13.0 Å². The highest BCUT2D eigenvalue weighted by Gasteiger charge is 2.12. The number of nitrogens with zero attached hydrogens (tertiary/aromatic N) is 3. The summed E-state index contributed by atoms with van der Waals surface area (Å²) in [6, 6.07) is 3.15. The second-order valence-corrected chi connectivity index (χ2v) is 3.05. The van der Waals surface area contributed by atoms with E-state index in [-0.39, 0.29) is 5.69 Å². The van der Waals surface area contributed by atoms with Crippen LogP contribution in [-0.4, -0.2) is 23.5 Å². The van der Waals surface area contributed by atoms with E-state index in [2.05, 4.69) is 4.98 Å². The maximum absolute atomic E-state index is 10.5. The standard InChI is InChI=1S/C9H13N3O2/c1-4-11(3)9-6-5-8(12(13)14)7(2)10-9/h5-6H,4H2,1-3H3. The molecule has 0 aliphatic carbocycles. The van der Waals surface area contributed by atoms with E-state index in [4.69, 9.17) is 0 Å². The molecule has 5 heteroatoms. The van der Waals surface area contributed by atoms with E-state index in [1.807, 2.05) is 18.9 Å². The fourth-order valence-corrected chi connectivity index (χ4v) is 1.11. The molecule has 0 aliphatic rings. The summed E-state index contributed by atoms with van der Waals surface area (Å²) in [5.74, 6) is 0.760. The maximum atomic E-state index is 10.5. The van der Waals surface area contributed by atoms with Crippen LogP contribution in [0, 0.1) is 17.0 Å². The van der Waals surface area contributed by atoms with Crippen molar-refractivity contribution in [1.82, 2.24) is 4.98 Å². The summed E-state index contributed by atoms with van der Waals surface area (Å²) in [7, 11) is 1.90. The van der Waals surface area contributed by atoms with E-state index in [9.17, 15) is 10.1 Å². The van der Waals surface area contributed by atoms with Crippen LogP contribution in [0.5, 0.6) is 0 Å². The topological polar surface area (TPSA) is 59.3 Å². The van der Waals surface area contributed by atoms with E-state index in [1.165, 1.54) is 6.07 Å². The molecule has 0 saturated heterocycles. The smallest absolute Gasteiger partial charge is 0.290 e. The van der Waals surface area contributed by atoms with Crippen LogP contribution in [0.4, 0.5) is 11.5 Å². The average Bonchev–Trinajstić information content (AvgIpc) is 2.15. The lowest BCUT2D eigenvalue weighted by atomic mass is 10.3. The van der Waals surface area contributed by atoms with Gasteiger partial charge in [0.2, 0.25) is 0 Å². The van der Waals surface area contributed by atoms with Crippen LogP contribution in [0.25, 0.3) is 0 Å². The van der Waals surface area contributed by atoms with Crippen LogP contribution in [-0.2, 0) is 0 Å². The van der Waals surface area contributed by atoms with Crippen molar-refractivity contribution >= 4 is 11.5 Å². The van der Waals surface area contributed by atoms with Crippen LogP contribution >= 0.6 is 0 Å².